The van der Waals surface area contributed by atoms with Gasteiger partial charge < -0.3 is 34.4 Å². The van der Waals surface area contributed by atoms with Crippen LogP contribution in [-0.2, 0) is 0 Å². The third-order valence-electron chi connectivity index (χ3n) is 4.31. The maximum Gasteiger partial charge on any atom is 0.0656 e. The minimum Gasteiger partial charge on any atom is -0.398 e. The van der Waals surface area contributed by atoms with Crippen LogP contribution in [-0.4, -0.2) is 0 Å². The van der Waals surface area contributed by atoms with E-state index in [1.54, 1.807) is 0 Å². The molecule has 0 fully saturated rings. The van der Waals surface area contributed by atoms with Crippen molar-refractivity contribution < 1.29 is 0 Å². The maximum atomic E-state index is 6.52. The fourth-order valence-corrected chi connectivity index (χ4v) is 4.47. The predicted molar refractivity (Wildman–Crippen MR) is 119 cm³/mol. The Morgan fingerprint density at radius 3 is 1.04 bits per heavy atom. The molecule has 4 unspecified atom stereocenters. The zero-order valence-corrected chi connectivity index (χ0v) is 17.4. The standard InChI is InChI=1S/C14H20N6P4/c15-7-1-3(9(17)11(19)5(1)13(21)22)8(16)4-2(7)6(14(23)24)12(20)10(4)18/h15-24H2. The summed E-state index contributed by atoms with van der Waals surface area (Å²) >= 11 is 0. The molecular formula is C14H20N6P4. The first kappa shape index (κ1) is 17.5. The van der Waals surface area contributed by atoms with Crippen molar-refractivity contribution in [2.75, 3.05) is 11.5 Å². The van der Waals surface area contributed by atoms with Gasteiger partial charge in [0.1, 0.15) is 0 Å². The number of fused-ring (bicyclic) bond motifs is 2. The monoisotopic (exact) mass is 396 g/mol. The molecule has 2 aliphatic rings. The molecule has 126 valence electrons. The molecule has 24 heavy (non-hydrogen) atoms. The van der Waals surface area contributed by atoms with E-state index in [0.29, 0.717) is 45.3 Å². The molecule has 2 aliphatic carbocycles. The zero-order chi connectivity index (χ0) is 18.1. The minimum atomic E-state index is 0.398. The summed E-state index contributed by atoms with van der Waals surface area (Å²) in [7, 11) is 10.4. The van der Waals surface area contributed by atoms with E-state index in [9.17, 15) is 0 Å². The lowest BCUT2D eigenvalue weighted by Gasteiger charge is -2.18. The summed E-state index contributed by atoms with van der Waals surface area (Å²) in [6.07, 6.45) is 0. The second-order valence-corrected chi connectivity index (χ2v) is 9.46. The molecular weight excluding hydrogens is 376 g/mol. The number of nitrogens with two attached hydrogens (primary N) is 6. The lowest BCUT2D eigenvalue weighted by atomic mass is 9.92. The number of rotatable bonds is 0. The van der Waals surface area contributed by atoms with E-state index >= 15 is 0 Å². The fourth-order valence-electron chi connectivity index (χ4n) is 3.28. The Morgan fingerprint density at radius 1 is 0.458 bits per heavy atom. The number of allylic oxidation sites excluding steroid dienone is 2. The second kappa shape index (κ2) is 5.61. The molecule has 0 amide bonds. The Hall–Kier alpha value is -1.30. The van der Waals surface area contributed by atoms with Gasteiger partial charge in [-0.25, -0.2) is 0 Å². The van der Waals surface area contributed by atoms with E-state index in [2.05, 4.69) is 37.0 Å². The topological polar surface area (TPSA) is 156 Å². The van der Waals surface area contributed by atoms with Crippen LogP contribution in [0.2, 0.25) is 0 Å². The lowest BCUT2D eigenvalue weighted by Crippen LogP contribution is -2.10. The van der Waals surface area contributed by atoms with Crippen molar-refractivity contribution in [3.05, 3.63) is 43.8 Å². The summed E-state index contributed by atoms with van der Waals surface area (Å²) < 4.78 is 0. The van der Waals surface area contributed by atoms with Crippen LogP contribution in [0.15, 0.2) is 21.5 Å². The smallest absolute Gasteiger partial charge is 0.0656 e. The van der Waals surface area contributed by atoms with E-state index in [1.165, 1.54) is 0 Å². The molecule has 6 nitrogen and oxygen atoms in total. The van der Waals surface area contributed by atoms with E-state index in [1.807, 2.05) is 0 Å². The molecule has 1 aromatic rings. The van der Waals surface area contributed by atoms with Crippen LogP contribution in [0.3, 0.4) is 0 Å². The Kier molecular flexibility index (Phi) is 4.10. The fraction of sp³-hybridized carbons (Fsp3) is 0. The largest absolute Gasteiger partial charge is 0.398 e. The molecule has 0 aliphatic heterocycles. The van der Waals surface area contributed by atoms with Crippen LogP contribution < -0.4 is 34.4 Å². The summed E-state index contributed by atoms with van der Waals surface area (Å²) in [5.41, 5.74) is 44.6. The van der Waals surface area contributed by atoms with Gasteiger partial charge in [0.2, 0.25) is 0 Å². The molecule has 12 N–H and O–H groups in total. The first-order valence-electron chi connectivity index (χ1n) is 6.89. The summed E-state index contributed by atoms with van der Waals surface area (Å²) in [6.45, 7) is 0. The highest BCUT2D eigenvalue weighted by molar-refractivity contribution is 7.46. The third-order valence-corrected chi connectivity index (χ3v) is 5.47. The molecule has 4 atom stereocenters. The number of nitrogen functional groups attached to an aromatic ring is 2. The molecule has 0 radical (unpaired) electrons. The summed E-state index contributed by atoms with van der Waals surface area (Å²) in [5.74, 6) is 0. The SMILES string of the molecule is NC1=C(N)c2c(N)c3c(c(N)c2C1=C(P)P)C(=C(P)P)C(N)=C3N. The van der Waals surface area contributed by atoms with Gasteiger partial charge in [-0.2, -0.15) is 0 Å². The van der Waals surface area contributed by atoms with Gasteiger partial charge in [0.05, 0.1) is 28.5 Å². The van der Waals surface area contributed by atoms with Crippen LogP contribution in [0.4, 0.5) is 11.4 Å². The number of anilines is 2. The van der Waals surface area contributed by atoms with E-state index in [4.69, 9.17) is 34.4 Å². The van der Waals surface area contributed by atoms with Gasteiger partial charge in [0.15, 0.2) is 0 Å². The maximum absolute atomic E-state index is 6.52. The van der Waals surface area contributed by atoms with E-state index < -0.39 is 0 Å². The Labute approximate surface area is 149 Å². The number of hydrogen-bond donors (Lipinski definition) is 6. The number of hydrogen-bond acceptors (Lipinski definition) is 6. The highest BCUT2D eigenvalue weighted by Gasteiger charge is 2.37. The van der Waals surface area contributed by atoms with Crippen LogP contribution >= 0.6 is 37.0 Å². The molecule has 1 aromatic carbocycles. The molecule has 0 saturated heterocycles. The van der Waals surface area contributed by atoms with Crippen molar-refractivity contribution in [2.24, 2.45) is 22.9 Å². The second-order valence-electron chi connectivity index (χ2n) is 5.64. The molecule has 3 rings (SSSR count). The van der Waals surface area contributed by atoms with Gasteiger partial charge >= 0.3 is 0 Å². The van der Waals surface area contributed by atoms with Gasteiger partial charge in [0, 0.05) is 39.1 Å². The van der Waals surface area contributed by atoms with Crippen molar-refractivity contribution in [3.63, 3.8) is 0 Å². The van der Waals surface area contributed by atoms with Crippen molar-refractivity contribution in [1.29, 1.82) is 0 Å². The molecule has 0 spiro atoms. The van der Waals surface area contributed by atoms with Crippen molar-refractivity contribution in [3.8, 4) is 0 Å². The summed E-state index contributed by atoms with van der Waals surface area (Å²) in [5, 5.41) is 1.68. The minimum absolute atomic E-state index is 0.398. The zero-order valence-electron chi connectivity index (χ0n) is 12.8. The summed E-state index contributed by atoms with van der Waals surface area (Å²) in [4.78, 5) is 0. The van der Waals surface area contributed by atoms with Gasteiger partial charge in [-0.1, -0.05) is 0 Å². The van der Waals surface area contributed by atoms with Gasteiger partial charge in [-0.3, -0.25) is 0 Å². The molecule has 10 heteroatoms. The Bertz CT molecular complexity index is 873. The lowest BCUT2D eigenvalue weighted by molar-refractivity contribution is 1.42. The van der Waals surface area contributed by atoms with Crippen LogP contribution in [0.1, 0.15) is 22.3 Å². The Balaban J connectivity index is 2.56. The van der Waals surface area contributed by atoms with Crippen LogP contribution in [0.25, 0.3) is 22.5 Å². The normalized spacial score (nSPS) is 16.0. The van der Waals surface area contributed by atoms with Crippen LogP contribution in [0, 0.1) is 0 Å². The van der Waals surface area contributed by atoms with Crippen molar-refractivity contribution >= 4 is 70.9 Å². The van der Waals surface area contributed by atoms with Gasteiger partial charge in [-0.15, -0.1) is 37.0 Å². The van der Waals surface area contributed by atoms with E-state index in [-0.39, 0.29) is 0 Å². The molecule has 0 saturated carbocycles. The molecule has 0 bridgehead atoms. The summed E-state index contributed by atoms with van der Waals surface area (Å²) in [6, 6.07) is 0. The molecule has 0 aromatic heterocycles. The predicted octanol–water partition coefficient (Wildman–Crippen LogP) is 0.888. The van der Waals surface area contributed by atoms with Gasteiger partial charge in [0.25, 0.3) is 0 Å². The van der Waals surface area contributed by atoms with Gasteiger partial charge in [-0.05, 0) is 10.1 Å². The highest BCUT2D eigenvalue weighted by Crippen LogP contribution is 2.55. The first-order valence-corrected chi connectivity index (χ1v) is 9.20. The quantitative estimate of drug-likeness (QED) is 0.217. The van der Waals surface area contributed by atoms with Crippen molar-refractivity contribution in [1.82, 2.24) is 0 Å². The van der Waals surface area contributed by atoms with E-state index in [0.717, 1.165) is 32.4 Å². The number of benzene rings is 1. The molecule has 0 heterocycles. The average molecular weight is 396 g/mol. The third kappa shape index (κ3) is 2.04. The first-order chi connectivity index (χ1) is 11.1. The Morgan fingerprint density at radius 2 is 0.750 bits per heavy atom. The van der Waals surface area contributed by atoms with Crippen molar-refractivity contribution in [2.45, 2.75) is 0 Å². The highest BCUT2D eigenvalue weighted by atomic mass is 31.1. The van der Waals surface area contributed by atoms with Crippen LogP contribution in [0.5, 0.6) is 0 Å². The average Bonchev–Trinajstić information content (AvgIpc) is 2.91.